The Morgan fingerprint density at radius 1 is 1.18 bits per heavy atom. The maximum absolute atomic E-state index is 13.1. The Morgan fingerprint density at radius 2 is 1.96 bits per heavy atom. The van der Waals surface area contributed by atoms with Gasteiger partial charge in [0.2, 0.25) is 0 Å². The first-order valence-electron chi connectivity index (χ1n) is 9.65. The molecule has 0 fully saturated rings. The maximum Gasteiger partial charge on any atom is 0.167 e. The van der Waals surface area contributed by atoms with Crippen molar-refractivity contribution >= 4 is 17.4 Å². The molecule has 3 aromatic rings. The zero-order valence-electron chi connectivity index (χ0n) is 16.1. The van der Waals surface area contributed by atoms with Crippen LogP contribution in [0.2, 0.25) is 5.02 Å². The molecule has 0 amide bonds. The molecule has 2 aromatic carbocycles. The Morgan fingerprint density at radius 3 is 2.68 bits per heavy atom. The summed E-state index contributed by atoms with van der Waals surface area (Å²) in [7, 11) is 1.63. The highest BCUT2D eigenvalue weighted by molar-refractivity contribution is 6.30. The van der Waals surface area contributed by atoms with Gasteiger partial charge in [-0.15, -0.1) is 0 Å². The molecule has 0 spiro atoms. The fourth-order valence-electron chi connectivity index (χ4n) is 4.05. The predicted molar refractivity (Wildman–Crippen MR) is 111 cm³/mol. The smallest absolute Gasteiger partial charge is 0.167 e. The quantitative estimate of drug-likeness (QED) is 0.582. The second-order valence-corrected chi connectivity index (χ2v) is 7.62. The molecule has 4 nitrogen and oxygen atoms in total. The van der Waals surface area contributed by atoms with Gasteiger partial charge in [0.1, 0.15) is 11.4 Å². The summed E-state index contributed by atoms with van der Waals surface area (Å²) in [5, 5.41) is 5.45. The minimum atomic E-state index is 0.149. The van der Waals surface area contributed by atoms with E-state index in [1.807, 2.05) is 35.0 Å². The SMILES string of the molecule is CCCc1nn(-c2cc(Cl)ccc2OC)c2c1C(=O)C[C@@H](c1ccccc1)C2. The molecule has 28 heavy (non-hydrogen) atoms. The molecule has 0 aliphatic heterocycles. The van der Waals surface area contributed by atoms with Crippen molar-refractivity contribution in [3.63, 3.8) is 0 Å². The molecule has 0 N–H and O–H groups in total. The van der Waals surface area contributed by atoms with E-state index in [1.54, 1.807) is 13.2 Å². The lowest BCUT2D eigenvalue weighted by Crippen LogP contribution is -2.21. The average molecular weight is 395 g/mol. The zero-order chi connectivity index (χ0) is 19.7. The number of rotatable bonds is 5. The van der Waals surface area contributed by atoms with Gasteiger partial charge in [-0.25, -0.2) is 4.68 Å². The van der Waals surface area contributed by atoms with Crippen molar-refractivity contribution in [2.24, 2.45) is 0 Å². The average Bonchev–Trinajstić information content (AvgIpc) is 3.08. The molecule has 1 aliphatic rings. The Balaban J connectivity index is 1.87. The van der Waals surface area contributed by atoms with Crippen LogP contribution < -0.4 is 4.74 Å². The number of fused-ring (bicyclic) bond motifs is 1. The number of nitrogens with zero attached hydrogens (tertiary/aromatic N) is 2. The molecule has 0 saturated heterocycles. The normalized spacial score (nSPS) is 16.1. The van der Waals surface area contributed by atoms with Crippen molar-refractivity contribution in [3.8, 4) is 11.4 Å². The summed E-state index contributed by atoms with van der Waals surface area (Å²) in [6, 6.07) is 15.7. The van der Waals surface area contributed by atoms with Gasteiger partial charge in [-0.1, -0.05) is 55.3 Å². The van der Waals surface area contributed by atoms with E-state index in [9.17, 15) is 4.79 Å². The Bertz CT molecular complexity index is 1010. The highest BCUT2D eigenvalue weighted by Crippen LogP contribution is 2.37. The molecular weight excluding hydrogens is 372 g/mol. The number of ether oxygens (including phenoxy) is 1. The van der Waals surface area contributed by atoms with Crippen molar-refractivity contribution in [2.75, 3.05) is 7.11 Å². The number of benzene rings is 2. The summed E-state index contributed by atoms with van der Waals surface area (Å²) in [6.45, 7) is 2.10. The molecule has 0 radical (unpaired) electrons. The predicted octanol–water partition coefficient (Wildman–Crippen LogP) is 5.40. The number of carbonyl (C=O) groups is 1. The minimum Gasteiger partial charge on any atom is -0.494 e. The van der Waals surface area contributed by atoms with Crippen LogP contribution in [-0.4, -0.2) is 22.7 Å². The van der Waals surface area contributed by atoms with E-state index >= 15 is 0 Å². The first kappa shape index (κ1) is 18.8. The largest absolute Gasteiger partial charge is 0.494 e. The van der Waals surface area contributed by atoms with Crippen molar-refractivity contribution in [2.45, 2.75) is 38.5 Å². The zero-order valence-corrected chi connectivity index (χ0v) is 16.9. The lowest BCUT2D eigenvalue weighted by Gasteiger charge is -2.23. The molecule has 1 atom stereocenters. The Labute approximate surface area is 170 Å². The van der Waals surface area contributed by atoms with Crippen LogP contribution in [0.5, 0.6) is 5.75 Å². The summed E-state index contributed by atoms with van der Waals surface area (Å²) >= 11 is 6.26. The van der Waals surface area contributed by atoms with Gasteiger partial charge in [-0.2, -0.15) is 5.10 Å². The molecular formula is C23H23ClN2O2. The van der Waals surface area contributed by atoms with Crippen LogP contribution in [0.3, 0.4) is 0 Å². The molecule has 4 rings (SSSR count). The van der Waals surface area contributed by atoms with Crippen LogP contribution in [-0.2, 0) is 12.8 Å². The third-order valence-electron chi connectivity index (χ3n) is 5.33. The van der Waals surface area contributed by atoms with E-state index in [0.717, 1.165) is 41.9 Å². The number of carbonyl (C=O) groups excluding carboxylic acids is 1. The van der Waals surface area contributed by atoms with E-state index in [-0.39, 0.29) is 11.7 Å². The second-order valence-electron chi connectivity index (χ2n) is 7.19. The fraction of sp³-hybridized carbons (Fsp3) is 0.304. The van der Waals surface area contributed by atoms with Crippen LogP contribution in [0, 0.1) is 0 Å². The van der Waals surface area contributed by atoms with Gasteiger partial charge in [-0.05, 0) is 42.5 Å². The highest BCUT2D eigenvalue weighted by atomic mass is 35.5. The number of aryl methyl sites for hydroxylation is 1. The molecule has 144 valence electrons. The van der Waals surface area contributed by atoms with Crippen LogP contribution in [0.1, 0.15) is 53.0 Å². The summed E-state index contributed by atoms with van der Waals surface area (Å²) in [5.74, 6) is 1.01. The first-order valence-corrected chi connectivity index (χ1v) is 10.0. The molecule has 1 heterocycles. The number of ketones is 1. The maximum atomic E-state index is 13.1. The lowest BCUT2D eigenvalue weighted by atomic mass is 9.81. The summed E-state index contributed by atoms with van der Waals surface area (Å²) in [6.07, 6.45) is 3.00. The number of Topliss-reactive ketones (excluding diaryl/α,β-unsaturated/α-hetero) is 1. The standard InChI is InChI=1S/C23H23ClN2O2/c1-3-7-18-23-20(12-16(13-21(23)27)15-8-5-4-6-9-15)26(25-18)19-14-17(24)10-11-22(19)28-2/h4-6,8-11,14,16H,3,7,12-13H2,1-2H3/t16-/m0/s1. The number of methoxy groups -OCH3 is 1. The van der Waals surface area contributed by atoms with Crippen LogP contribution in [0.25, 0.3) is 5.69 Å². The molecule has 0 bridgehead atoms. The van der Waals surface area contributed by atoms with Crippen LogP contribution in [0.4, 0.5) is 0 Å². The van der Waals surface area contributed by atoms with Gasteiger partial charge in [-0.3, -0.25) is 4.79 Å². The van der Waals surface area contributed by atoms with Crippen molar-refractivity contribution in [1.82, 2.24) is 9.78 Å². The van der Waals surface area contributed by atoms with E-state index < -0.39 is 0 Å². The van der Waals surface area contributed by atoms with E-state index in [2.05, 4.69) is 19.1 Å². The third kappa shape index (κ3) is 3.33. The highest BCUT2D eigenvalue weighted by Gasteiger charge is 2.33. The minimum absolute atomic E-state index is 0.149. The summed E-state index contributed by atoms with van der Waals surface area (Å²) in [5.41, 5.74) is 4.57. The lowest BCUT2D eigenvalue weighted by molar-refractivity contribution is 0.0963. The van der Waals surface area contributed by atoms with Crippen molar-refractivity contribution in [1.29, 1.82) is 0 Å². The van der Waals surface area contributed by atoms with Crippen LogP contribution >= 0.6 is 11.6 Å². The molecule has 5 heteroatoms. The van der Waals surface area contributed by atoms with Gasteiger partial charge >= 0.3 is 0 Å². The van der Waals surface area contributed by atoms with Gasteiger partial charge in [0.15, 0.2) is 5.78 Å². The summed E-state index contributed by atoms with van der Waals surface area (Å²) < 4.78 is 7.42. The Hall–Kier alpha value is -2.59. The molecule has 1 aliphatic carbocycles. The van der Waals surface area contributed by atoms with E-state index in [4.69, 9.17) is 21.4 Å². The molecule has 0 saturated carbocycles. The number of hydrogen-bond donors (Lipinski definition) is 0. The van der Waals surface area contributed by atoms with Gasteiger partial charge in [0, 0.05) is 11.4 Å². The summed E-state index contributed by atoms with van der Waals surface area (Å²) in [4.78, 5) is 13.1. The fourth-order valence-corrected chi connectivity index (χ4v) is 4.21. The van der Waals surface area contributed by atoms with E-state index in [0.29, 0.717) is 17.2 Å². The van der Waals surface area contributed by atoms with Crippen molar-refractivity contribution < 1.29 is 9.53 Å². The van der Waals surface area contributed by atoms with Crippen molar-refractivity contribution in [3.05, 3.63) is 76.1 Å². The van der Waals surface area contributed by atoms with Gasteiger partial charge in [0.05, 0.1) is 24.1 Å². The first-order chi connectivity index (χ1) is 13.6. The van der Waals surface area contributed by atoms with Gasteiger partial charge in [0.25, 0.3) is 0 Å². The topological polar surface area (TPSA) is 44.1 Å². The van der Waals surface area contributed by atoms with Gasteiger partial charge < -0.3 is 4.74 Å². The number of halogens is 1. The van der Waals surface area contributed by atoms with Crippen LogP contribution in [0.15, 0.2) is 48.5 Å². The molecule has 0 unspecified atom stereocenters. The van der Waals surface area contributed by atoms with E-state index in [1.165, 1.54) is 5.56 Å². The Kier molecular flexibility index (Phi) is 5.23. The molecule has 1 aromatic heterocycles. The monoisotopic (exact) mass is 394 g/mol. The third-order valence-corrected chi connectivity index (χ3v) is 5.57. The second kappa shape index (κ2) is 7.80. The number of aromatic nitrogens is 2. The number of hydrogen-bond acceptors (Lipinski definition) is 3.